The van der Waals surface area contributed by atoms with Gasteiger partial charge in [-0.05, 0) is 25.0 Å². The summed E-state index contributed by atoms with van der Waals surface area (Å²) in [6.07, 6.45) is -2.78. The first-order chi connectivity index (χ1) is 14.7. The summed E-state index contributed by atoms with van der Waals surface area (Å²) in [5, 5.41) is 3.75. The molecule has 0 radical (unpaired) electrons. The van der Waals surface area contributed by atoms with Gasteiger partial charge in [-0.15, -0.1) is 0 Å². The molecule has 1 saturated heterocycles. The first-order valence-corrected chi connectivity index (χ1v) is 10.6. The fourth-order valence-electron chi connectivity index (χ4n) is 4.07. The van der Waals surface area contributed by atoms with Crippen molar-refractivity contribution in [1.29, 1.82) is 0 Å². The van der Waals surface area contributed by atoms with Crippen LogP contribution in [-0.2, 0) is 24.1 Å². The monoisotopic (exact) mass is 438 g/mol. The van der Waals surface area contributed by atoms with Crippen molar-refractivity contribution in [2.75, 3.05) is 26.2 Å². The quantitative estimate of drug-likeness (QED) is 0.643. The lowest BCUT2D eigenvalue weighted by molar-refractivity contribution is -0.141. The van der Waals surface area contributed by atoms with Gasteiger partial charge in [0.25, 0.3) is 0 Å². The van der Waals surface area contributed by atoms with E-state index in [9.17, 15) is 22.4 Å². The summed E-state index contributed by atoms with van der Waals surface area (Å²) in [5.41, 5.74) is 0.305. The maximum Gasteiger partial charge on any atom is 0.435 e. The highest BCUT2D eigenvalue weighted by atomic mass is 19.4. The summed E-state index contributed by atoms with van der Waals surface area (Å²) in [6.45, 7) is 4.64. The third-order valence-corrected chi connectivity index (χ3v) is 6.00. The Morgan fingerprint density at radius 2 is 1.84 bits per heavy atom. The fourth-order valence-corrected chi connectivity index (χ4v) is 4.07. The molecule has 1 atom stereocenters. The van der Waals surface area contributed by atoms with Gasteiger partial charge in [0.2, 0.25) is 5.91 Å². The Kier molecular flexibility index (Phi) is 6.05. The van der Waals surface area contributed by atoms with Crippen LogP contribution >= 0.6 is 0 Å². The molecule has 2 heterocycles. The second-order valence-electron chi connectivity index (χ2n) is 8.50. The van der Waals surface area contributed by atoms with Gasteiger partial charge < -0.3 is 4.90 Å². The number of carbonyl (C=O) groups excluding carboxylic acids is 1. The van der Waals surface area contributed by atoms with Gasteiger partial charge in [0.15, 0.2) is 5.69 Å². The fraction of sp³-hybridized carbons (Fsp3) is 0.545. The van der Waals surface area contributed by atoms with E-state index in [1.165, 1.54) is 10.7 Å². The Labute approximate surface area is 178 Å². The zero-order valence-electron chi connectivity index (χ0n) is 17.4. The average Bonchev–Trinajstić information content (AvgIpc) is 3.48. The molecule has 31 heavy (non-hydrogen) atoms. The van der Waals surface area contributed by atoms with Crippen LogP contribution in [0.15, 0.2) is 30.3 Å². The number of hydrogen-bond acceptors (Lipinski definition) is 3. The van der Waals surface area contributed by atoms with E-state index in [-0.39, 0.29) is 24.2 Å². The van der Waals surface area contributed by atoms with Crippen molar-refractivity contribution in [2.24, 2.45) is 5.92 Å². The van der Waals surface area contributed by atoms with Crippen LogP contribution in [0.25, 0.3) is 0 Å². The van der Waals surface area contributed by atoms with Gasteiger partial charge in [-0.3, -0.25) is 14.4 Å². The predicted molar refractivity (Wildman–Crippen MR) is 107 cm³/mol. The van der Waals surface area contributed by atoms with Gasteiger partial charge in [-0.1, -0.05) is 25.1 Å². The van der Waals surface area contributed by atoms with Crippen LogP contribution in [0.4, 0.5) is 17.6 Å². The van der Waals surface area contributed by atoms with Gasteiger partial charge in [0.1, 0.15) is 5.82 Å². The molecule has 4 rings (SSSR count). The van der Waals surface area contributed by atoms with Crippen LogP contribution in [0.3, 0.4) is 0 Å². The molecule has 0 N–H and O–H groups in total. The number of piperazine rings is 1. The zero-order chi connectivity index (χ0) is 22.2. The smallest absolute Gasteiger partial charge is 0.340 e. The maximum atomic E-state index is 13.9. The SMILES string of the molecule is CC(Cn1nc(C(F)(F)F)cc1C1CC1)C(=O)N1CCN(Cc2ccccc2F)CC1. The van der Waals surface area contributed by atoms with Crippen molar-refractivity contribution >= 4 is 5.91 Å². The van der Waals surface area contributed by atoms with E-state index < -0.39 is 17.8 Å². The molecule has 5 nitrogen and oxygen atoms in total. The Morgan fingerprint density at radius 1 is 1.16 bits per heavy atom. The highest BCUT2D eigenvalue weighted by Gasteiger charge is 2.38. The van der Waals surface area contributed by atoms with Crippen molar-refractivity contribution in [3.8, 4) is 0 Å². The van der Waals surface area contributed by atoms with Gasteiger partial charge in [0.05, 0.1) is 12.5 Å². The highest BCUT2D eigenvalue weighted by molar-refractivity contribution is 5.78. The summed E-state index contributed by atoms with van der Waals surface area (Å²) >= 11 is 0. The minimum Gasteiger partial charge on any atom is -0.340 e. The van der Waals surface area contributed by atoms with Crippen molar-refractivity contribution < 1.29 is 22.4 Å². The van der Waals surface area contributed by atoms with Crippen LogP contribution in [0.5, 0.6) is 0 Å². The minimum absolute atomic E-state index is 0.0867. The second-order valence-corrected chi connectivity index (χ2v) is 8.50. The van der Waals surface area contributed by atoms with Gasteiger partial charge in [-0.25, -0.2) is 4.39 Å². The van der Waals surface area contributed by atoms with Crippen molar-refractivity contribution in [2.45, 2.75) is 44.9 Å². The van der Waals surface area contributed by atoms with Crippen LogP contribution in [-0.4, -0.2) is 51.7 Å². The molecule has 0 spiro atoms. The van der Waals surface area contributed by atoms with Crippen molar-refractivity contribution in [1.82, 2.24) is 19.6 Å². The number of halogens is 4. The second kappa shape index (κ2) is 8.61. The molecular formula is C22H26F4N4O. The van der Waals surface area contributed by atoms with E-state index in [4.69, 9.17) is 0 Å². The topological polar surface area (TPSA) is 41.4 Å². The number of alkyl halides is 3. The number of hydrogen-bond donors (Lipinski definition) is 0. The lowest BCUT2D eigenvalue weighted by atomic mass is 10.1. The van der Waals surface area contributed by atoms with Gasteiger partial charge in [0, 0.05) is 49.9 Å². The van der Waals surface area contributed by atoms with Gasteiger partial charge in [-0.2, -0.15) is 18.3 Å². The van der Waals surface area contributed by atoms with E-state index in [1.54, 1.807) is 30.0 Å². The maximum absolute atomic E-state index is 13.9. The van der Waals surface area contributed by atoms with Crippen LogP contribution in [0.2, 0.25) is 0 Å². The largest absolute Gasteiger partial charge is 0.435 e. The summed E-state index contributed by atoms with van der Waals surface area (Å²) in [5.74, 6) is -0.695. The van der Waals surface area contributed by atoms with E-state index in [1.807, 2.05) is 0 Å². The van der Waals surface area contributed by atoms with E-state index in [0.717, 1.165) is 18.9 Å². The molecule has 9 heteroatoms. The Balaban J connectivity index is 1.34. The number of benzene rings is 1. The van der Waals surface area contributed by atoms with Crippen LogP contribution in [0.1, 0.15) is 42.6 Å². The number of carbonyl (C=O) groups is 1. The average molecular weight is 438 g/mol. The highest BCUT2D eigenvalue weighted by Crippen LogP contribution is 2.42. The lowest BCUT2D eigenvalue weighted by Gasteiger charge is -2.36. The molecule has 2 fully saturated rings. The number of aromatic nitrogens is 2. The minimum atomic E-state index is -4.49. The summed E-state index contributed by atoms with van der Waals surface area (Å²) < 4.78 is 54.5. The molecule has 168 valence electrons. The molecule has 2 aliphatic rings. The van der Waals surface area contributed by atoms with E-state index >= 15 is 0 Å². The molecule has 0 bridgehead atoms. The van der Waals surface area contributed by atoms with Gasteiger partial charge >= 0.3 is 6.18 Å². The Bertz CT molecular complexity index is 930. The lowest BCUT2D eigenvalue weighted by Crippen LogP contribution is -2.50. The number of amides is 1. The summed E-state index contributed by atoms with van der Waals surface area (Å²) in [7, 11) is 0. The first-order valence-electron chi connectivity index (χ1n) is 10.6. The number of nitrogens with zero attached hydrogens (tertiary/aromatic N) is 4. The molecule has 1 aromatic heterocycles. The molecule has 2 aromatic rings. The third kappa shape index (κ3) is 5.08. The Morgan fingerprint density at radius 3 is 2.45 bits per heavy atom. The predicted octanol–water partition coefficient (Wildman–Crippen LogP) is 3.90. The normalized spacial score (nSPS) is 18.9. The Hall–Kier alpha value is -2.42. The van der Waals surface area contributed by atoms with Crippen molar-refractivity contribution in [3.05, 3.63) is 53.1 Å². The molecule has 1 aliphatic heterocycles. The van der Waals surface area contributed by atoms with E-state index in [2.05, 4.69) is 10.00 Å². The van der Waals surface area contributed by atoms with Crippen LogP contribution < -0.4 is 0 Å². The standard InChI is InChI=1S/C22H26F4N4O/c1-15(13-30-19(16-6-7-16)12-20(27-30)22(24,25)26)21(31)29-10-8-28(9-11-29)14-17-4-2-3-5-18(17)23/h2-5,12,15-16H,6-11,13-14H2,1H3. The van der Waals surface area contributed by atoms with Crippen LogP contribution in [0, 0.1) is 11.7 Å². The molecule has 1 aromatic carbocycles. The third-order valence-electron chi connectivity index (χ3n) is 6.00. The number of rotatable bonds is 6. The molecule has 1 saturated carbocycles. The molecular weight excluding hydrogens is 412 g/mol. The molecule has 1 unspecified atom stereocenters. The molecule has 1 aliphatic carbocycles. The molecule has 1 amide bonds. The van der Waals surface area contributed by atoms with E-state index in [0.29, 0.717) is 44.0 Å². The summed E-state index contributed by atoms with van der Waals surface area (Å²) in [6, 6.07) is 7.77. The first kappa shape index (κ1) is 21.8. The zero-order valence-corrected chi connectivity index (χ0v) is 17.4. The summed E-state index contributed by atoms with van der Waals surface area (Å²) in [4.78, 5) is 16.7. The van der Waals surface area contributed by atoms with Crippen molar-refractivity contribution in [3.63, 3.8) is 0 Å².